The minimum Gasteiger partial charge on any atom is -0.496 e. The summed E-state index contributed by atoms with van der Waals surface area (Å²) >= 11 is 7.02. The summed E-state index contributed by atoms with van der Waals surface area (Å²) in [6, 6.07) is 11.3. The van der Waals surface area contributed by atoms with Gasteiger partial charge in [-0.2, -0.15) is 0 Å². The van der Waals surface area contributed by atoms with Crippen LogP contribution in [0.2, 0.25) is 0 Å². The molecule has 1 saturated heterocycles. The zero-order valence-electron chi connectivity index (χ0n) is 14.7. The van der Waals surface area contributed by atoms with Crippen LogP contribution >= 0.6 is 31.9 Å². The second-order valence-corrected chi connectivity index (χ2v) is 7.93. The van der Waals surface area contributed by atoms with Crippen LogP contribution in [0.5, 0.6) is 11.5 Å². The van der Waals surface area contributed by atoms with Crippen LogP contribution < -0.4 is 9.47 Å². The van der Waals surface area contributed by atoms with Gasteiger partial charge in [-0.1, -0.05) is 6.07 Å². The van der Waals surface area contributed by atoms with Crippen molar-refractivity contribution in [3.8, 4) is 11.5 Å². The fraction of sp³-hybridized carbons (Fsp3) is 0.350. The highest BCUT2D eigenvalue weighted by atomic mass is 79.9. The van der Waals surface area contributed by atoms with Gasteiger partial charge >= 0.3 is 0 Å². The molecule has 3 rings (SSSR count). The third kappa shape index (κ3) is 3.55. The zero-order chi connectivity index (χ0) is 18.7. The van der Waals surface area contributed by atoms with Crippen LogP contribution in [0.1, 0.15) is 28.8 Å². The first kappa shape index (κ1) is 19.4. The van der Waals surface area contributed by atoms with Crippen molar-refractivity contribution in [2.24, 2.45) is 0 Å². The van der Waals surface area contributed by atoms with E-state index in [2.05, 4.69) is 31.9 Å². The van der Waals surface area contributed by atoms with Crippen LogP contribution in [-0.4, -0.2) is 33.2 Å². The molecule has 0 atom stereocenters. The molecule has 0 saturated carbocycles. The average Bonchev–Trinajstić information content (AvgIpc) is 2.67. The van der Waals surface area contributed by atoms with Crippen molar-refractivity contribution in [3.05, 3.63) is 56.5 Å². The van der Waals surface area contributed by atoms with Crippen LogP contribution in [0.15, 0.2) is 45.3 Å². The van der Waals surface area contributed by atoms with Crippen molar-refractivity contribution < 1.29 is 19.0 Å². The van der Waals surface area contributed by atoms with E-state index >= 15 is 0 Å². The summed E-state index contributed by atoms with van der Waals surface area (Å²) in [5.74, 6) is 1.55. The van der Waals surface area contributed by atoms with E-state index in [0.29, 0.717) is 37.4 Å². The maximum Gasteiger partial charge on any atom is 0.173 e. The molecule has 6 heteroatoms. The van der Waals surface area contributed by atoms with Crippen molar-refractivity contribution in [1.82, 2.24) is 0 Å². The molecular weight excluding hydrogens is 464 g/mol. The molecule has 1 fully saturated rings. The molecule has 0 radical (unpaired) electrons. The van der Waals surface area contributed by atoms with Gasteiger partial charge in [0.1, 0.15) is 11.5 Å². The summed E-state index contributed by atoms with van der Waals surface area (Å²) in [5.41, 5.74) is 1.03. The van der Waals surface area contributed by atoms with E-state index in [-0.39, 0.29) is 5.78 Å². The molecule has 0 N–H and O–H groups in total. The molecule has 2 aromatic rings. The Morgan fingerprint density at radius 2 is 1.54 bits per heavy atom. The van der Waals surface area contributed by atoms with Crippen LogP contribution in [0.3, 0.4) is 0 Å². The van der Waals surface area contributed by atoms with Crippen molar-refractivity contribution in [2.75, 3.05) is 27.4 Å². The summed E-state index contributed by atoms with van der Waals surface area (Å²) < 4.78 is 17.8. The maximum atomic E-state index is 13.6. The van der Waals surface area contributed by atoms with Crippen molar-refractivity contribution in [2.45, 2.75) is 18.3 Å². The van der Waals surface area contributed by atoms with E-state index < -0.39 is 5.41 Å². The number of methoxy groups -OCH3 is 2. The molecule has 0 amide bonds. The molecule has 0 spiro atoms. The number of hydrogen-bond acceptors (Lipinski definition) is 4. The second-order valence-electron chi connectivity index (χ2n) is 6.22. The van der Waals surface area contributed by atoms with Crippen molar-refractivity contribution >= 4 is 37.6 Å². The van der Waals surface area contributed by atoms with E-state index in [0.717, 1.165) is 20.3 Å². The van der Waals surface area contributed by atoms with E-state index in [1.165, 1.54) is 0 Å². The highest BCUT2D eigenvalue weighted by Gasteiger charge is 2.42. The Balaban J connectivity index is 2.06. The second kappa shape index (κ2) is 8.11. The summed E-state index contributed by atoms with van der Waals surface area (Å²) in [6.45, 7) is 1.12. The summed E-state index contributed by atoms with van der Waals surface area (Å²) in [5, 5.41) is 0. The minimum absolute atomic E-state index is 0.0984. The van der Waals surface area contributed by atoms with Crippen molar-refractivity contribution in [3.63, 3.8) is 0 Å². The van der Waals surface area contributed by atoms with Crippen LogP contribution in [-0.2, 0) is 10.2 Å². The van der Waals surface area contributed by atoms with E-state index in [1.807, 2.05) is 36.4 Å². The number of hydrogen-bond donors (Lipinski definition) is 0. The number of Topliss-reactive ketones (excluding diaryl/α,β-unsaturated/α-hetero) is 1. The monoisotopic (exact) mass is 482 g/mol. The molecule has 4 nitrogen and oxygen atoms in total. The topological polar surface area (TPSA) is 44.8 Å². The molecule has 1 heterocycles. The van der Waals surface area contributed by atoms with E-state index in [4.69, 9.17) is 14.2 Å². The van der Waals surface area contributed by atoms with Gasteiger partial charge < -0.3 is 14.2 Å². The van der Waals surface area contributed by atoms with Gasteiger partial charge in [0.15, 0.2) is 5.78 Å². The van der Waals surface area contributed by atoms with E-state index in [1.54, 1.807) is 14.2 Å². The number of ketones is 1. The van der Waals surface area contributed by atoms with Gasteiger partial charge in [0.2, 0.25) is 0 Å². The molecule has 0 unspecified atom stereocenters. The molecule has 2 aromatic carbocycles. The van der Waals surface area contributed by atoms with Crippen LogP contribution in [0.25, 0.3) is 0 Å². The Morgan fingerprint density at radius 1 is 0.962 bits per heavy atom. The smallest absolute Gasteiger partial charge is 0.173 e. The highest BCUT2D eigenvalue weighted by molar-refractivity contribution is 9.10. The molecule has 0 bridgehead atoms. The molecular formula is C20H20Br2O4. The van der Waals surface area contributed by atoms with E-state index in [9.17, 15) is 4.79 Å². The van der Waals surface area contributed by atoms with Gasteiger partial charge in [0, 0.05) is 18.8 Å². The Morgan fingerprint density at radius 3 is 2.08 bits per heavy atom. The molecule has 26 heavy (non-hydrogen) atoms. The lowest BCUT2D eigenvalue weighted by atomic mass is 9.69. The Bertz CT molecular complexity index is 813. The summed E-state index contributed by atoms with van der Waals surface area (Å²) in [6.07, 6.45) is 1.29. The predicted octanol–water partition coefficient (Wildman–Crippen LogP) is 5.16. The first-order valence-corrected chi connectivity index (χ1v) is 9.90. The van der Waals surface area contributed by atoms with Crippen molar-refractivity contribution in [1.29, 1.82) is 0 Å². The van der Waals surface area contributed by atoms with Gasteiger partial charge in [0.25, 0.3) is 0 Å². The molecule has 0 aromatic heterocycles. The van der Waals surface area contributed by atoms with Crippen LogP contribution in [0.4, 0.5) is 0 Å². The Hall–Kier alpha value is -1.37. The standard InChI is InChI=1S/C20H20Br2O4/c1-24-17-5-3-13(11-15(17)21)19(23)20(7-9-26-10-8-20)14-4-6-18(25-2)16(22)12-14/h3-6,11-12H,7-10H2,1-2H3. The molecule has 0 aliphatic carbocycles. The maximum absolute atomic E-state index is 13.6. The summed E-state index contributed by atoms with van der Waals surface area (Å²) in [7, 11) is 3.24. The lowest BCUT2D eigenvalue weighted by Gasteiger charge is -2.36. The van der Waals surface area contributed by atoms with Gasteiger partial charge in [-0.25, -0.2) is 0 Å². The first-order chi connectivity index (χ1) is 12.5. The lowest BCUT2D eigenvalue weighted by Crippen LogP contribution is -2.41. The predicted molar refractivity (Wildman–Crippen MR) is 107 cm³/mol. The number of carbonyl (C=O) groups is 1. The number of benzene rings is 2. The first-order valence-electron chi connectivity index (χ1n) is 8.32. The molecule has 1 aliphatic heterocycles. The average molecular weight is 484 g/mol. The number of rotatable bonds is 5. The minimum atomic E-state index is -0.610. The lowest BCUT2D eigenvalue weighted by molar-refractivity contribution is 0.0423. The quantitative estimate of drug-likeness (QED) is 0.551. The number of ether oxygens (including phenoxy) is 3. The normalized spacial score (nSPS) is 16.2. The third-order valence-corrected chi connectivity index (χ3v) is 6.14. The molecule has 138 valence electrons. The number of halogens is 2. The highest BCUT2D eigenvalue weighted by Crippen LogP contribution is 2.41. The van der Waals surface area contributed by atoms with Gasteiger partial charge in [-0.3, -0.25) is 4.79 Å². The van der Waals surface area contributed by atoms with Gasteiger partial charge in [0.05, 0.1) is 28.6 Å². The Kier molecular flexibility index (Phi) is 6.05. The van der Waals surface area contributed by atoms with Gasteiger partial charge in [-0.15, -0.1) is 0 Å². The molecule has 1 aliphatic rings. The number of carbonyl (C=O) groups excluding carboxylic acids is 1. The summed E-state index contributed by atoms with van der Waals surface area (Å²) in [4.78, 5) is 13.6. The largest absolute Gasteiger partial charge is 0.496 e. The SMILES string of the molecule is COc1ccc(C(=O)C2(c3ccc(OC)c(Br)c3)CCOCC2)cc1Br. The Labute approximate surface area is 170 Å². The fourth-order valence-electron chi connectivity index (χ4n) is 3.41. The fourth-order valence-corrected chi connectivity index (χ4v) is 4.50. The van der Waals surface area contributed by atoms with Crippen LogP contribution in [0, 0.1) is 0 Å². The zero-order valence-corrected chi connectivity index (χ0v) is 17.9. The third-order valence-electron chi connectivity index (χ3n) is 4.90. The van der Waals surface area contributed by atoms with Gasteiger partial charge in [-0.05, 0) is 80.6 Å².